The van der Waals surface area contributed by atoms with Crippen LogP contribution in [-0.4, -0.2) is 17.6 Å². The molecule has 0 heterocycles. The molecule has 4 nitrogen and oxygen atoms in total. The van der Waals surface area contributed by atoms with E-state index in [0.717, 1.165) is 12.1 Å². The third-order valence-electron chi connectivity index (χ3n) is 3.51. The predicted molar refractivity (Wildman–Crippen MR) is 90.4 cm³/mol. The quantitative estimate of drug-likeness (QED) is 0.578. The molecule has 0 atom stereocenters. The van der Waals surface area contributed by atoms with Crippen LogP contribution in [0, 0.1) is 0 Å². The van der Waals surface area contributed by atoms with Gasteiger partial charge in [-0.25, -0.2) is 0 Å². The molecule has 1 aliphatic rings. The maximum absolute atomic E-state index is 12.1. The van der Waals surface area contributed by atoms with Crippen molar-refractivity contribution in [3.05, 3.63) is 41.5 Å². The third kappa shape index (κ3) is 5.19. The molecular formula is C16H21N3OS. The molecule has 0 fully saturated rings. The Morgan fingerprint density at radius 1 is 1.33 bits per heavy atom. The van der Waals surface area contributed by atoms with Crippen LogP contribution in [0.15, 0.2) is 35.9 Å². The minimum atomic E-state index is -0.0713. The lowest BCUT2D eigenvalue weighted by atomic mass is 9.97. The van der Waals surface area contributed by atoms with Crippen molar-refractivity contribution in [2.75, 3.05) is 11.9 Å². The summed E-state index contributed by atoms with van der Waals surface area (Å²) in [7, 11) is 0. The second kappa shape index (κ2) is 7.78. The van der Waals surface area contributed by atoms with Crippen molar-refractivity contribution in [3.8, 4) is 0 Å². The highest BCUT2D eigenvalue weighted by Crippen LogP contribution is 2.19. The highest BCUT2D eigenvalue weighted by molar-refractivity contribution is 7.80. The first kappa shape index (κ1) is 15.5. The normalized spacial score (nSPS) is 14.2. The molecular weight excluding hydrogens is 282 g/mol. The molecule has 21 heavy (non-hydrogen) atoms. The molecule has 1 aromatic carbocycles. The summed E-state index contributed by atoms with van der Waals surface area (Å²) >= 11 is 4.79. The fourth-order valence-electron chi connectivity index (χ4n) is 2.45. The van der Waals surface area contributed by atoms with Crippen molar-refractivity contribution in [1.82, 2.24) is 5.32 Å². The minimum Gasteiger partial charge on any atom is -0.376 e. The van der Waals surface area contributed by atoms with Gasteiger partial charge in [0.2, 0.25) is 0 Å². The van der Waals surface area contributed by atoms with Crippen LogP contribution in [0.5, 0.6) is 0 Å². The third-order valence-corrected chi connectivity index (χ3v) is 3.61. The second-order valence-corrected chi connectivity index (χ2v) is 5.62. The summed E-state index contributed by atoms with van der Waals surface area (Å²) in [6, 6.07) is 7.15. The van der Waals surface area contributed by atoms with Gasteiger partial charge < -0.3 is 16.4 Å². The van der Waals surface area contributed by atoms with Crippen molar-refractivity contribution >= 4 is 28.9 Å². The van der Waals surface area contributed by atoms with Crippen molar-refractivity contribution in [1.29, 1.82) is 0 Å². The lowest BCUT2D eigenvalue weighted by Crippen LogP contribution is -2.25. The number of hydrogen-bond acceptors (Lipinski definition) is 2. The van der Waals surface area contributed by atoms with Gasteiger partial charge in [0.1, 0.15) is 0 Å². The Kier molecular flexibility index (Phi) is 5.75. The zero-order valence-corrected chi connectivity index (χ0v) is 12.8. The van der Waals surface area contributed by atoms with E-state index in [2.05, 4.69) is 16.7 Å². The van der Waals surface area contributed by atoms with E-state index in [4.69, 9.17) is 18.0 Å². The Bertz CT molecular complexity index is 554. The van der Waals surface area contributed by atoms with Crippen LogP contribution < -0.4 is 16.4 Å². The van der Waals surface area contributed by atoms with E-state index in [1.54, 1.807) is 18.2 Å². The smallest absolute Gasteiger partial charge is 0.251 e. The zero-order chi connectivity index (χ0) is 15.1. The van der Waals surface area contributed by atoms with E-state index in [-0.39, 0.29) is 11.0 Å². The van der Waals surface area contributed by atoms with Gasteiger partial charge in [0.05, 0.1) is 0 Å². The molecule has 0 aromatic heterocycles. The van der Waals surface area contributed by atoms with Gasteiger partial charge in [0.15, 0.2) is 5.11 Å². The molecule has 0 unspecified atom stereocenters. The summed E-state index contributed by atoms with van der Waals surface area (Å²) < 4.78 is 0. The van der Waals surface area contributed by atoms with Gasteiger partial charge in [-0.15, -0.1) is 0 Å². The number of nitrogens with two attached hydrogens (primary N) is 1. The lowest BCUT2D eigenvalue weighted by molar-refractivity contribution is 0.0954. The monoisotopic (exact) mass is 303 g/mol. The van der Waals surface area contributed by atoms with E-state index in [1.807, 2.05) is 6.07 Å². The van der Waals surface area contributed by atoms with Crippen LogP contribution in [0.2, 0.25) is 0 Å². The molecule has 0 saturated heterocycles. The van der Waals surface area contributed by atoms with Crippen LogP contribution in [0.25, 0.3) is 0 Å². The van der Waals surface area contributed by atoms with Gasteiger partial charge in [-0.05, 0) is 62.5 Å². The molecule has 0 spiro atoms. The standard InChI is InChI=1S/C16H21N3OS/c17-16(21)19-14-8-4-7-13(11-14)15(20)18-10-9-12-5-2-1-3-6-12/h4-5,7-8,11H,1-3,6,9-10H2,(H,18,20)(H3,17,19,21). The molecule has 0 saturated carbocycles. The Hall–Kier alpha value is -1.88. The molecule has 112 valence electrons. The predicted octanol–water partition coefficient (Wildman–Crippen LogP) is 2.96. The van der Waals surface area contributed by atoms with Crippen molar-refractivity contribution in [3.63, 3.8) is 0 Å². The molecule has 0 radical (unpaired) electrons. The van der Waals surface area contributed by atoms with Gasteiger partial charge in [-0.2, -0.15) is 0 Å². The SMILES string of the molecule is NC(=S)Nc1cccc(C(=O)NCCC2=CCCCC2)c1. The first-order valence-electron chi connectivity index (χ1n) is 7.28. The van der Waals surface area contributed by atoms with Crippen LogP contribution in [0.4, 0.5) is 5.69 Å². The lowest BCUT2D eigenvalue weighted by Gasteiger charge is -2.13. The zero-order valence-electron chi connectivity index (χ0n) is 12.0. The average Bonchev–Trinajstić information content (AvgIpc) is 2.48. The Morgan fingerprint density at radius 2 is 2.19 bits per heavy atom. The van der Waals surface area contributed by atoms with E-state index in [9.17, 15) is 4.79 Å². The number of allylic oxidation sites excluding steroid dienone is 1. The highest BCUT2D eigenvalue weighted by Gasteiger charge is 2.07. The van der Waals surface area contributed by atoms with E-state index >= 15 is 0 Å². The highest BCUT2D eigenvalue weighted by atomic mass is 32.1. The summed E-state index contributed by atoms with van der Waals surface area (Å²) in [6.07, 6.45) is 8.16. The van der Waals surface area contributed by atoms with Gasteiger partial charge in [-0.3, -0.25) is 4.79 Å². The van der Waals surface area contributed by atoms with E-state index in [1.165, 1.54) is 31.3 Å². The van der Waals surface area contributed by atoms with Gasteiger partial charge >= 0.3 is 0 Å². The van der Waals surface area contributed by atoms with Gasteiger partial charge in [0, 0.05) is 17.8 Å². The summed E-state index contributed by atoms with van der Waals surface area (Å²) in [5.41, 5.74) is 8.22. The minimum absolute atomic E-state index is 0.0713. The topological polar surface area (TPSA) is 67.1 Å². The summed E-state index contributed by atoms with van der Waals surface area (Å²) in [4.78, 5) is 12.1. The summed E-state index contributed by atoms with van der Waals surface area (Å²) in [5, 5.41) is 5.97. The summed E-state index contributed by atoms with van der Waals surface area (Å²) in [5.74, 6) is -0.0713. The maximum atomic E-state index is 12.1. The second-order valence-electron chi connectivity index (χ2n) is 5.18. The molecule has 0 aliphatic heterocycles. The molecule has 1 amide bonds. The van der Waals surface area contributed by atoms with E-state index < -0.39 is 0 Å². The van der Waals surface area contributed by atoms with E-state index in [0.29, 0.717) is 12.1 Å². The molecule has 5 heteroatoms. The van der Waals surface area contributed by atoms with Crippen LogP contribution in [0.3, 0.4) is 0 Å². The average molecular weight is 303 g/mol. The van der Waals surface area contributed by atoms with Gasteiger partial charge in [-0.1, -0.05) is 17.7 Å². The Morgan fingerprint density at radius 3 is 2.90 bits per heavy atom. The number of thiocarbonyl (C=S) groups is 1. The number of nitrogens with one attached hydrogen (secondary N) is 2. The number of carbonyl (C=O) groups excluding carboxylic acids is 1. The first-order chi connectivity index (χ1) is 10.1. The van der Waals surface area contributed by atoms with Crippen LogP contribution >= 0.6 is 12.2 Å². The van der Waals surface area contributed by atoms with Crippen molar-refractivity contribution in [2.24, 2.45) is 5.73 Å². The number of amides is 1. The van der Waals surface area contributed by atoms with Crippen LogP contribution in [-0.2, 0) is 0 Å². The number of benzene rings is 1. The molecule has 4 N–H and O–H groups in total. The van der Waals surface area contributed by atoms with Gasteiger partial charge in [0.25, 0.3) is 5.91 Å². The Labute approximate surface area is 130 Å². The fourth-order valence-corrected chi connectivity index (χ4v) is 2.57. The molecule has 2 rings (SSSR count). The largest absolute Gasteiger partial charge is 0.376 e. The van der Waals surface area contributed by atoms with Crippen molar-refractivity contribution < 1.29 is 4.79 Å². The number of hydrogen-bond donors (Lipinski definition) is 3. The molecule has 1 aliphatic carbocycles. The first-order valence-corrected chi connectivity index (χ1v) is 7.68. The van der Waals surface area contributed by atoms with Crippen molar-refractivity contribution in [2.45, 2.75) is 32.1 Å². The number of carbonyl (C=O) groups is 1. The Balaban J connectivity index is 1.85. The fraction of sp³-hybridized carbons (Fsp3) is 0.375. The van der Waals surface area contributed by atoms with Crippen LogP contribution in [0.1, 0.15) is 42.5 Å². The molecule has 1 aromatic rings. The number of anilines is 1. The summed E-state index contributed by atoms with van der Waals surface area (Å²) in [6.45, 7) is 0.678. The molecule has 0 bridgehead atoms. The maximum Gasteiger partial charge on any atom is 0.251 e. The number of rotatable bonds is 5.